The maximum absolute atomic E-state index is 5.48. The number of benzene rings is 1. The largest absolute Gasteiger partial charge is 0.168 e. The Morgan fingerprint density at radius 3 is 2.50 bits per heavy atom. The van der Waals surface area contributed by atoms with Crippen LogP contribution in [0.1, 0.15) is 26.2 Å². The first kappa shape index (κ1) is 17.8. The molecule has 0 unspecified atom stereocenters. The summed E-state index contributed by atoms with van der Waals surface area (Å²) in [6, 6.07) is 14.7. The summed E-state index contributed by atoms with van der Waals surface area (Å²) in [4.78, 5) is 0. The zero-order valence-corrected chi connectivity index (χ0v) is 15.7. The molecule has 0 atom stereocenters. The van der Waals surface area contributed by atoms with Crippen LogP contribution in [-0.2, 0) is 18.9 Å². The van der Waals surface area contributed by atoms with Crippen molar-refractivity contribution in [3.63, 3.8) is 0 Å². The molecule has 0 aromatic heterocycles. The van der Waals surface area contributed by atoms with Crippen LogP contribution >= 0.6 is 17.0 Å². The monoisotopic (exact) mass is 384 g/mol. The Labute approximate surface area is 137 Å². The maximum Gasteiger partial charge on any atom is -0.0809 e. The Morgan fingerprint density at radius 2 is 2.05 bits per heavy atom. The second kappa shape index (κ2) is 11.4. The molecule has 1 aliphatic carbocycles. The van der Waals surface area contributed by atoms with Crippen molar-refractivity contribution < 1.29 is 18.9 Å². The molecule has 0 bridgehead atoms. The Balaban J connectivity index is 0.000000160. The molecule has 2 aromatic rings. The molecule has 0 spiro atoms. The molecule has 0 radical (unpaired) electrons. The van der Waals surface area contributed by atoms with E-state index in [9.17, 15) is 0 Å². The summed E-state index contributed by atoms with van der Waals surface area (Å²) in [5.74, 6) is 0. The van der Waals surface area contributed by atoms with Crippen molar-refractivity contribution >= 4 is 31.5 Å². The second-order valence-electron chi connectivity index (χ2n) is 4.30. The first-order valence-electron chi connectivity index (χ1n) is 6.84. The summed E-state index contributed by atoms with van der Waals surface area (Å²) < 4.78 is 2.02. The van der Waals surface area contributed by atoms with Crippen LogP contribution in [0.2, 0.25) is 0 Å². The van der Waals surface area contributed by atoms with Gasteiger partial charge in [-0.3, -0.25) is 0 Å². The van der Waals surface area contributed by atoms with Gasteiger partial charge in [0.2, 0.25) is 0 Å². The van der Waals surface area contributed by atoms with Gasteiger partial charge in [0.25, 0.3) is 0 Å². The van der Waals surface area contributed by atoms with Gasteiger partial charge in [0.05, 0.1) is 0 Å². The summed E-state index contributed by atoms with van der Waals surface area (Å²) in [6.07, 6.45) is 10.0. The minimum absolute atomic E-state index is 1.03. The van der Waals surface area contributed by atoms with Crippen LogP contribution in [0.3, 0.4) is 0 Å². The topological polar surface area (TPSA) is 0 Å². The van der Waals surface area contributed by atoms with Crippen LogP contribution in [0.4, 0.5) is 0 Å². The zero-order valence-electron chi connectivity index (χ0n) is 11.7. The fourth-order valence-corrected chi connectivity index (χ4v) is 4.29. The Morgan fingerprint density at radius 1 is 1.25 bits per heavy atom. The van der Waals surface area contributed by atoms with Crippen molar-refractivity contribution in [3.05, 3.63) is 61.0 Å². The van der Waals surface area contributed by atoms with Crippen molar-refractivity contribution in [1.82, 2.24) is 0 Å². The zero-order chi connectivity index (χ0) is 14.6. The smallest absolute Gasteiger partial charge is 0.0809 e. The first-order valence-corrected chi connectivity index (χ1v) is 14.6. The number of hydrogen-bond donors (Lipinski definition) is 0. The fourth-order valence-electron chi connectivity index (χ4n) is 1.71. The third kappa shape index (κ3) is 8.15. The molecular weight excluding hydrogens is 366 g/mol. The molecular formula is C17H20Cl2Zr-2. The van der Waals surface area contributed by atoms with Crippen LogP contribution in [-0.4, -0.2) is 3.71 Å². The van der Waals surface area contributed by atoms with Gasteiger partial charge in [-0.2, -0.15) is 17.5 Å². The normalized spacial score (nSPS) is 11.8. The predicted octanol–water partition coefficient (Wildman–Crippen LogP) is 6.22. The van der Waals surface area contributed by atoms with E-state index in [1.165, 1.54) is 23.6 Å². The minimum atomic E-state index is -1.80. The van der Waals surface area contributed by atoms with Gasteiger partial charge in [0.1, 0.15) is 0 Å². The standard InChI is InChI=1S/C9H7.C5H7.C3H6.2ClH.Zr/c1-2-5-9-7-3-6-8(9)4-1;1-2-4-5-3-1;1-3-2;;;/h1-7H;1-3H,4-5H2;1H,3H2,2H3;2*1H;/q2*-1;;;;+2/p-2. The van der Waals surface area contributed by atoms with Crippen molar-refractivity contribution in [2.75, 3.05) is 0 Å². The van der Waals surface area contributed by atoms with E-state index in [0.717, 1.165) is 6.42 Å². The minimum Gasteiger partial charge on any atom is -0.168 e. The van der Waals surface area contributed by atoms with Crippen LogP contribution in [0.25, 0.3) is 10.8 Å². The molecule has 20 heavy (non-hydrogen) atoms. The van der Waals surface area contributed by atoms with Crippen molar-refractivity contribution in [1.29, 1.82) is 0 Å². The molecule has 0 aliphatic heterocycles. The molecule has 2 aromatic carbocycles. The molecule has 0 fully saturated rings. The van der Waals surface area contributed by atoms with Crippen LogP contribution in [0.15, 0.2) is 54.6 Å². The number of rotatable bonds is 1. The third-order valence-corrected chi connectivity index (χ3v) is 6.27. The quantitative estimate of drug-likeness (QED) is 0.510. The molecule has 0 saturated heterocycles. The maximum atomic E-state index is 5.48. The van der Waals surface area contributed by atoms with Gasteiger partial charge in [-0.05, 0) is 0 Å². The van der Waals surface area contributed by atoms with Gasteiger partial charge >= 0.3 is 53.0 Å². The summed E-state index contributed by atoms with van der Waals surface area (Å²) in [5.41, 5.74) is 0. The van der Waals surface area contributed by atoms with Gasteiger partial charge < -0.3 is 0 Å². The molecule has 3 rings (SSSR count). The van der Waals surface area contributed by atoms with E-state index in [0.29, 0.717) is 0 Å². The number of halogens is 2. The van der Waals surface area contributed by atoms with E-state index in [4.69, 9.17) is 17.0 Å². The van der Waals surface area contributed by atoms with Gasteiger partial charge in [0.15, 0.2) is 0 Å². The summed E-state index contributed by atoms with van der Waals surface area (Å²) in [7, 11) is 11.0. The van der Waals surface area contributed by atoms with Crippen molar-refractivity contribution in [3.8, 4) is 0 Å². The van der Waals surface area contributed by atoms with Crippen LogP contribution < -0.4 is 0 Å². The molecule has 0 nitrogen and oxygen atoms in total. The van der Waals surface area contributed by atoms with E-state index in [-0.39, 0.29) is 0 Å². The Bertz CT molecular complexity index is 500. The Kier molecular flexibility index (Phi) is 10.2. The number of fused-ring (bicyclic) bond motifs is 1. The Hall–Kier alpha value is -0.227. The van der Waals surface area contributed by atoms with E-state index in [1.807, 2.05) is 10.6 Å². The van der Waals surface area contributed by atoms with Crippen LogP contribution in [0.5, 0.6) is 0 Å². The van der Waals surface area contributed by atoms with Gasteiger partial charge in [-0.15, -0.1) is 42.5 Å². The van der Waals surface area contributed by atoms with Gasteiger partial charge in [-0.25, -0.2) is 18.6 Å². The van der Waals surface area contributed by atoms with E-state index in [1.54, 1.807) is 0 Å². The third-order valence-electron chi connectivity index (χ3n) is 2.68. The second-order valence-corrected chi connectivity index (χ2v) is 12.7. The average molecular weight is 386 g/mol. The molecule has 108 valence electrons. The average Bonchev–Trinajstić information content (AvgIpc) is 3.14. The number of hydrogen-bond acceptors (Lipinski definition) is 0. The molecule has 0 amide bonds. The fraction of sp³-hybridized carbons (Fsp3) is 0.235. The van der Waals surface area contributed by atoms with E-state index < -0.39 is 18.9 Å². The summed E-state index contributed by atoms with van der Waals surface area (Å²) in [6.45, 7) is 2.05. The summed E-state index contributed by atoms with van der Waals surface area (Å²) in [5, 5.41) is 2.66. The summed E-state index contributed by atoms with van der Waals surface area (Å²) >= 11 is -1.80. The van der Waals surface area contributed by atoms with E-state index >= 15 is 0 Å². The van der Waals surface area contributed by atoms with Gasteiger partial charge in [-0.1, -0.05) is 6.07 Å². The predicted molar refractivity (Wildman–Crippen MR) is 90.3 cm³/mol. The molecule has 1 aliphatic rings. The first-order chi connectivity index (χ1) is 9.74. The van der Waals surface area contributed by atoms with Crippen molar-refractivity contribution in [2.24, 2.45) is 0 Å². The SMILES string of the molecule is C1=CCC[CH-]1.CC[CH]=[Zr]([Cl])[Cl].c1ccc2[cH-]ccc2c1. The van der Waals surface area contributed by atoms with Gasteiger partial charge in [0, 0.05) is 0 Å². The molecule has 3 heteroatoms. The molecule has 0 heterocycles. The number of allylic oxidation sites excluding steroid dienone is 2. The van der Waals surface area contributed by atoms with Crippen LogP contribution in [0, 0.1) is 6.42 Å². The van der Waals surface area contributed by atoms with E-state index in [2.05, 4.69) is 61.0 Å². The molecule has 0 saturated carbocycles. The van der Waals surface area contributed by atoms with Crippen molar-refractivity contribution in [2.45, 2.75) is 26.2 Å². The molecule has 0 N–H and O–H groups in total.